The van der Waals surface area contributed by atoms with Gasteiger partial charge in [-0.25, -0.2) is 5.43 Å². The second-order valence-electron chi connectivity index (χ2n) is 6.64. The van der Waals surface area contributed by atoms with E-state index >= 15 is 0 Å². The fraction of sp³-hybridized carbons (Fsp3) is 0.391. The van der Waals surface area contributed by atoms with Gasteiger partial charge in [-0.3, -0.25) is 4.79 Å². The third-order valence-electron chi connectivity index (χ3n) is 4.34. The van der Waals surface area contributed by atoms with Gasteiger partial charge in [0.2, 0.25) is 5.91 Å². The summed E-state index contributed by atoms with van der Waals surface area (Å²) in [6, 6.07) is 15.5. The zero-order chi connectivity index (χ0) is 20.0. The van der Waals surface area contributed by atoms with E-state index in [0.29, 0.717) is 24.5 Å². The van der Waals surface area contributed by atoms with Gasteiger partial charge in [0.1, 0.15) is 6.61 Å². The number of amides is 1. The van der Waals surface area contributed by atoms with Crippen LogP contribution in [0.15, 0.2) is 53.6 Å². The van der Waals surface area contributed by atoms with Gasteiger partial charge >= 0.3 is 0 Å². The first-order valence-corrected chi connectivity index (χ1v) is 9.89. The Morgan fingerprint density at radius 3 is 2.57 bits per heavy atom. The molecule has 0 saturated heterocycles. The molecule has 150 valence electrons. The number of methoxy groups -OCH3 is 1. The third-order valence-corrected chi connectivity index (χ3v) is 4.34. The standard InChI is InChI=1S/C23H30N2O3/c1-3-4-5-6-10-13-23(26)25-24-17-20-14-15-21(22(16-20)27-2)28-18-19-11-8-7-9-12-19/h7-9,11-12,14-17H,3-6,10,13,18H2,1-2H3,(H,25,26). The maximum absolute atomic E-state index is 11.8. The normalized spacial score (nSPS) is 10.8. The van der Waals surface area contributed by atoms with Crippen LogP contribution in [-0.2, 0) is 11.4 Å². The molecular formula is C23H30N2O3. The molecule has 0 saturated carbocycles. The average Bonchev–Trinajstić information content (AvgIpc) is 2.73. The number of hydrazone groups is 1. The molecule has 0 aliphatic carbocycles. The van der Waals surface area contributed by atoms with Crippen molar-refractivity contribution in [2.45, 2.75) is 52.1 Å². The lowest BCUT2D eigenvalue weighted by molar-refractivity contribution is -0.121. The van der Waals surface area contributed by atoms with Crippen molar-refractivity contribution in [2.75, 3.05) is 7.11 Å². The van der Waals surface area contributed by atoms with Crippen molar-refractivity contribution in [2.24, 2.45) is 5.10 Å². The van der Waals surface area contributed by atoms with E-state index in [0.717, 1.165) is 24.0 Å². The summed E-state index contributed by atoms with van der Waals surface area (Å²) in [5.41, 5.74) is 4.50. The summed E-state index contributed by atoms with van der Waals surface area (Å²) in [6.45, 7) is 2.65. The lowest BCUT2D eigenvalue weighted by Gasteiger charge is -2.11. The van der Waals surface area contributed by atoms with Crippen molar-refractivity contribution in [3.8, 4) is 11.5 Å². The summed E-state index contributed by atoms with van der Waals surface area (Å²) in [6.07, 6.45) is 7.73. The molecule has 2 aromatic rings. The molecular weight excluding hydrogens is 352 g/mol. The molecule has 0 atom stereocenters. The van der Waals surface area contributed by atoms with Gasteiger partial charge in [0.25, 0.3) is 0 Å². The van der Waals surface area contributed by atoms with Crippen molar-refractivity contribution >= 4 is 12.1 Å². The van der Waals surface area contributed by atoms with Gasteiger partial charge in [-0.2, -0.15) is 5.10 Å². The van der Waals surface area contributed by atoms with Gasteiger partial charge in [-0.1, -0.05) is 62.9 Å². The maximum atomic E-state index is 11.8. The molecule has 0 heterocycles. The zero-order valence-electron chi connectivity index (χ0n) is 16.8. The largest absolute Gasteiger partial charge is 0.493 e. The van der Waals surface area contributed by atoms with E-state index in [-0.39, 0.29) is 5.91 Å². The van der Waals surface area contributed by atoms with E-state index in [2.05, 4.69) is 17.5 Å². The molecule has 2 rings (SSSR count). The van der Waals surface area contributed by atoms with Crippen molar-refractivity contribution in [1.29, 1.82) is 0 Å². The Kier molecular flexibility index (Phi) is 9.62. The number of benzene rings is 2. The van der Waals surface area contributed by atoms with Crippen molar-refractivity contribution in [3.63, 3.8) is 0 Å². The number of ether oxygens (including phenoxy) is 2. The molecule has 2 aromatic carbocycles. The quantitative estimate of drug-likeness (QED) is 0.316. The van der Waals surface area contributed by atoms with Crippen LogP contribution in [0.4, 0.5) is 0 Å². The molecule has 0 spiro atoms. The second-order valence-corrected chi connectivity index (χ2v) is 6.64. The smallest absolute Gasteiger partial charge is 0.240 e. The number of carbonyl (C=O) groups is 1. The highest BCUT2D eigenvalue weighted by atomic mass is 16.5. The van der Waals surface area contributed by atoms with Crippen LogP contribution < -0.4 is 14.9 Å². The number of nitrogens with zero attached hydrogens (tertiary/aromatic N) is 1. The van der Waals surface area contributed by atoms with Crippen LogP contribution in [0.2, 0.25) is 0 Å². The Morgan fingerprint density at radius 2 is 1.82 bits per heavy atom. The summed E-state index contributed by atoms with van der Waals surface area (Å²) in [5.74, 6) is 1.24. The van der Waals surface area contributed by atoms with Crippen molar-refractivity contribution in [3.05, 3.63) is 59.7 Å². The SMILES string of the molecule is CCCCCCCC(=O)NN=Cc1ccc(OCc2ccccc2)c(OC)c1. The van der Waals surface area contributed by atoms with Crippen LogP contribution in [0.5, 0.6) is 11.5 Å². The Hall–Kier alpha value is -2.82. The minimum atomic E-state index is -0.0532. The van der Waals surface area contributed by atoms with E-state index in [1.165, 1.54) is 19.3 Å². The highest BCUT2D eigenvalue weighted by molar-refractivity contribution is 5.83. The molecule has 0 bridgehead atoms. The molecule has 0 aromatic heterocycles. The van der Waals surface area contributed by atoms with Crippen LogP contribution in [0, 0.1) is 0 Å². The van der Waals surface area contributed by atoms with Crippen LogP contribution >= 0.6 is 0 Å². The molecule has 28 heavy (non-hydrogen) atoms. The molecule has 1 N–H and O–H groups in total. The molecule has 0 unspecified atom stereocenters. The highest BCUT2D eigenvalue weighted by Gasteiger charge is 2.06. The minimum absolute atomic E-state index is 0.0532. The van der Waals surface area contributed by atoms with Crippen LogP contribution in [0.3, 0.4) is 0 Å². The molecule has 5 nitrogen and oxygen atoms in total. The monoisotopic (exact) mass is 382 g/mol. The van der Waals surface area contributed by atoms with Crippen molar-refractivity contribution < 1.29 is 14.3 Å². The van der Waals surface area contributed by atoms with Gasteiger partial charge in [0.15, 0.2) is 11.5 Å². The molecule has 0 aliphatic rings. The third kappa shape index (κ3) is 7.82. The predicted molar refractivity (Wildman–Crippen MR) is 113 cm³/mol. The summed E-state index contributed by atoms with van der Waals surface area (Å²) in [4.78, 5) is 11.8. The molecule has 5 heteroatoms. The van der Waals surface area contributed by atoms with Crippen LogP contribution in [-0.4, -0.2) is 19.2 Å². The number of nitrogens with one attached hydrogen (secondary N) is 1. The fourth-order valence-corrected chi connectivity index (χ4v) is 2.74. The molecule has 0 aliphatic heterocycles. The Balaban J connectivity index is 1.82. The summed E-state index contributed by atoms with van der Waals surface area (Å²) in [5, 5.41) is 4.03. The summed E-state index contributed by atoms with van der Waals surface area (Å²) < 4.78 is 11.3. The Morgan fingerprint density at radius 1 is 1.04 bits per heavy atom. The predicted octanol–water partition coefficient (Wildman–Crippen LogP) is 5.08. The number of hydrogen-bond acceptors (Lipinski definition) is 4. The van der Waals surface area contributed by atoms with Gasteiger partial charge in [-0.15, -0.1) is 0 Å². The number of hydrogen-bond donors (Lipinski definition) is 1. The first kappa shape index (κ1) is 21.5. The van der Waals surface area contributed by atoms with E-state index in [9.17, 15) is 4.79 Å². The molecule has 0 radical (unpaired) electrons. The molecule has 0 fully saturated rings. The first-order valence-electron chi connectivity index (χ1n) is 9.89. The summed E-state index contributed by atoms with van der Waals surface area (Å²) >= 11 is 0. The first-order chi connectivity index (χ1) is 13.7. The highest BCUT2D eigenvalue weighted by Crippen LogP contribution is 2.28. The van der Waals surface area contributed by atoms with Gasteiger partial charge < -0.3 is 9.47 Å². The van der Waals surface area contributed by atoms with Gasteiger partial charge in [-0.05, 0) is 35.7 Å². The van der Waals surface area contributed by atoms with Gasteiger partial charge in [0.05, 0.1) is 13.3 Å². The van der Waals surface area contributed by atoms with Gasteiger partial charge in [0, 0.05) is 6.42 Å². The minimum Gasteiger partial charge on any atom is -0.493 e. The van der Waals surface area contributed by atoms with Crippen LogP contribution in [0.25, 0.3) is 0 Å². The average molecular weight is 383 g/mol. The zero-order valence-corrected chi connectivity index (χ0v) is 16.8. The maximum Gasteiger partial charge on any atom is 0.240 e. The van der Waals surface area contributed by atoms with E-state index in [1.54, 1.807) is 13.3 Å². The Bertz CT molecular complexity index is 745. The van der Waals surface area contributed by atoms with Crippen molar-refractivity contribution in [1.82, 2.24) is 5.43 Å². The fourth-order valence-electron chi connectivity index (χ4n) is 2.74. The van der Waals surface area contributed by atoms with E-state index < -0.39 is 0 Å². The number of unbranched alkanes of at least 4 members (excludes halogenated alkanes) is 4. The lowest BCUT2D eigenvalue weighted by Crippen LogP contribution is -2.16. The Labute approximate surface area is 167 Å². The van der Waals surface area contributed by atoms with E-state index in [1.807, 2.05) is 48.5 Å². The number of rotatable bonds is 12. The lowest BCUT2D eigenvalue weighted by atomic mass is 10.1. The van der Waals surface area contributed by atoms with E-state index in [4.69, 9.17) is 9.47 Å². The second kappa shape index (κ2) is 12.5. The topological polar surface area (TPSA) is 59.9 Å². The number of carbonyl (C=O) groups excluding carboxylic acids is 1. The van der Waals surface area contributed by atoms with Crippen LogP contribution in [0.1, 0.15) is 56.6 Å². The molecule has 1 amide bonds. The summed E-state index contributed by atoms with van der Waals surface area (Å²) in [7, 11) is 1.60.